The quantitative estimate of drug-likeness (QED) is 0.342. The Morgan fingerprint density at radius 2 is 1.45 bits per heavy atom. The van der Waals surface area contributed by atoms with Crippen LogP contribution in [0.25, 0.3) is 34.0 Å². The van der Waals surface area contributed by atoms with E-state index in [9.17, 15) is 0 Å². The van der Waals surface area contributed by atoms with Crippen molar-refractivity contribution in [1.82, 2.24) is 4.98 Å². The molecule has 0 spiro atoms. The van der Waals surface area contributed by atoms with E-state index in [1.54, 1.807) is 0 Å². The zero-order chi connectivity index (χ0) is 20.2. The second-order valence-electron chi connectivity index (χ2n) is 6.76. The fourth-order valence-corrected chi connectivity index (χ4v) is 3.69. The molecule has 3 aromatic carbocycles. The second kappa shape index (κ2) is 8.54. The van der Waals surface area contributed by atoms with Crippen LogP contribution in [0.1, 0.15) is 13.8 Å². The summed E-state index contributed by atoms with van der Waals surface area (Å²) in [6.45, 7) is 6.27. The van der Waals surface area contributed by atoms with Crippen molar-refractivity contribution in [1.29, 1.82) is 0 Å². The van der Waals surface area contributed by atoms with Gasteiger partial charge in [-0.25, -0.2) is 4.98 Å². The predicted octanol–water partition coefficient (Wildman–Crippen LogP) is 7.18. The summed E-state index contributed by atoms with van der Waals surface area (Å²) in [6, 6.07) is 26.1. The summed E-state index contributed by atoms with van der Waals surface area (Å²) in [5, 5.41) is 0.654. The maximum atomic E-state index is 6.49. The molecule has 1 heterocycles. The van der Waals surface area contributed by atoms with Gasteiger partial charge in [-0.2, -0.15) is 0 Å². The van der Waals surface area contributed by atoms with Gasteiger partial charge in [-0.05, 0) is 56.3 Å². The summed E-state index contributed by atoms with van der Waals surface area (Å²) in [5.74, 6) is 1.31. The molecule has 0 fully saturated rings. The molecule has 0 N–H and O–H groups in total. The number of nitrogens with zero attached hydrogens (tertiary/aromatic N) is 2. The molecule has 0 amide bonds. The molecule has 0 unspecified atom stereocenters. The molecule has 0 atom stereocenters. The molecule has 146 valence electrons. The van der Waals surface area contributed by atoms with Gasteiger partial charge >= 0.3 is 0 Å². The molecule has 4 rings (SSSR count). The van der Waals surface area contributed by atoms with E-state index in [1.807, 2.05) is 54.6 Å². The SMILES string of the molecule is CCN(CC)c1ccc(-c2oc(-c3ccccc3)nc2-c2ccccc2Cl)cc1. The number of oxazole rings is 1. The zero-order valence-corrected chi connectivity index (χ0v) is 17.4. The van der Waals surface area contributed by atoms with Crippen LogP contribution in [0.2, 0.25) is 5.02 Å². The normalized spacial score (nSPS) is 10.9. The molecule has 0 radical (unpaired) electrons. The smallest absolute Gasteiger partial charge is 0.227 e. The van der Waals surface area contributed by atoms with Crippen LogP contribution in [0.15, 0.2) is 83.3 Å². The Labute approximate surface area is 176 Å². The third-order valence-corrected chi connectivity index (χ3v) is 5.36. The lowest BCUT2D eigenvalue weighted by Gasteiger charge is -2.21. The van der Waals surface area contributed by atoms with Crippen molar-refractivity contribution in [2.45, 2.75) is 13.8 Å². The maximum absolute atomic E-state index is 6.49. The van der Waals surface area contributed by atoms with Gasteiger partial charge in [0.15, 0.2) is 5.76 Å². The molecule has 29 heavy (non-hydrogen) atoms. The Morgan fingerprint density at radius 3 is 2.10 bits per heavy atom. The van der Waals surface area contributed by atoms with E-state index in [2.05, 4.69) is 43.0 Å². The van der Waals surface area contributed by atoms with Crippen LogP contribution in [-0.2, 0) is 0 Å². The van der Waals surface area contributed by atoms with Crippen LogP contribution >= 0.6 is 11.6 Å². The summed E-state index contributed by atoms with van der Waals surface area (Å²) in [4.78, 5) is 7.13. The van der Waals surface area contributed by atoms with Crippen LogP contribution in [0.4, 0.5) is 5.69 Å². The van der Waals surface area contributed by atoms with Crippen molar-refractivity contribution < 1.29 is 4.42 Å². The first-order chi connectivity index (χ1) is 14.2. The summed E-state index contributed by atoms with van der Waals surface area (Å²) in [6.07, 6.45) is 0. The number of hydrogen-bond acceptors (Lipinski definition) is 3. The topological polar surface area (TPSA) is 29.3 Å². The number of benzene rings is 3. The molecular weight excluding hydrogens is 380 g/mol. The third-order valence-electron chi connectivity index (χ3n) is 5.03. The van der Waals surface area contributed by atoms with E-state index in [4.69, 9.17) is 21.0 Å². The van der Waals surface area contributed by atoms with Crippen LogP contribution in [0, 0.1) is 0 Å². The van der Waals surface area contributed by atoms with Gasteiger partial charge in [0.1, 0.15) is 5.69 Å². The Hall–Kier alpha value is -3.04. The minimum Gasteiger partial charge on any atom is -0.435 e. The minimum atomic E-state index is 0.586. The van der Waals surface area contributed by atoms with Crippen molar-refractivity contribution in [2.24, 2.45) is 0 Å². The van der Waals surface area contributed by atoms with E-state index in [0.717, 1.165) is 41.2 Å². The summed E-state index contributed by atoms with van der Waals surface area (Å²) < 4.78 is 6.27. The van der Waals surface area contributed by atoms with E-state index >= 15 is 0 Å². The average molecular weight is 403 g/mol. The highest BCUT2D eigenvalue weighted by atomic mass is 35.5. The Kier molecular flexibility index (Phi) is 5.68. The predicted molar refractivity (Wildman–Crippen MR) is 121 cm³/mol. The third kappa shape index (κ3) is 3.92. The van der Waals surface area contributed by atoms with Crippen LogP contribution < -0.4 is 4.90 Å². The molecule has 0 bridgehead atoms. The van der Waals surface area contributed by atoms with Gasteiger partial charge in [0.05, 0.1) is 5.02 Å². The molecule has 4 heteroatoms. The highest BCUT2D eigenvalue weighted by Crippen LogP contribution is 2.39. The van der Waals surface area contributed by atoms with Gasteiger partial charge in [-0.3, -0.25) is 0 Å². The molecule has 3 nitrogen and oxygen atoms in total. The molecule has 0 aliphatic heterocycles. The van der Waals surface area contributed by atoms with E-state index in [-0.39, 0.29) is 0 Å². The molecule has 1 aromatic heterocycles. The maximum Gasteiger partial charge on any atom is 0.227 e. The first-order valence-corrected chi connectivity index (χ1v) is 10.3. The van der Waals surface area contributed by atoms with Gasteiger partial charge in [-0.1, -0.05) is 48.0 Å². The van der Waals surface area contributed by atoms with Gasteiger partial charge in [0, 0.05) is 35.5 Å². The lowest BCUT2D eigenvalue weighted by molar-refractivity contribution is 0.589. The molecular formula is C25H23ClN2O. The van der Waals surface area contributed by atoms with Gasteiger partial charge in [0.25, 0.3) is 0 Å². The molecule has 0 saturated carbocycles. The Morgan fingerprint density at radius 1 is 0.793 bits per heavy atom. The Balaban J connectivity index is 1.83. The number of hydrogen-bond donors (Lipinski definition) is 0. The summed E-state index contributed by atoms with van der Waals surface area (Å²) in [7, 11) is 0. The number of aromatic nitrogens is 1. The van der Waals surface area contributed by atoms with Crippen LogP contribution in [0.5, 0.6) is 0 Å². The van der Waals surface area contributed by atoms with Crippen LogP contribution in [-0.4, -0.2) is 18.1 Å². The fourth-order valence-electron chi connectivity index (χ4n) is 3.47. The highest BCUT2D eigenvalue weighted by Gasteiger charge is 2.20. The lowest BCUT2D eigenvalue weighted by Crippen LogP contribution is -2.21. The monoisotopic (exact) mass is 402 g/mol. The van der Waals surface area contributed by atoms with Crippen molar-refractivity contribution in [2.75, 3.05) is 18.0 Å². The van der Waals surface area contributed by atoms with Crippen LogP contribution in [0.3, 0.4) is 0 Å². The fraction of sp³-hybridized carbons (Fsp3) is 0.160. The number of rotatable bonds is 6. The molecule has 0 saturated heterocycles. The van der Waals surface area contributed by atoms with Crippen molar-refractivity contribution >= 4 is 17.3 Å². The van der Waals surface area contributed by atoms with Crippen molar-refractivity contribution in [3.63, 3.8) is 0 Å². The van der Waals surface area contributed by atoms with E-state index in [0.29, 0.717) is 10.9 Å². The lowest BCUT2D eigenvalue weighted by atomic mass is 10.1. The zero-order valence-electron chi connectivity index (χ0n) is 16.6. The largest absolute Gasteiger partial charge is 0.435 e. The van der Waals surface area contributed by atoms with E-state index < -0.39 is 0 Å². The highest BCUT2D eigenvalue weighted by molar-refractivity contribution is 6.33. The second-order valence-corrected chi connectivity index (χ2v) is 7.17. The molecule has 4 aromatic rings. The standard InChI is InChI=1S/C25H23ClN2O/c1-3-28(4-2)20-16-14-18(15-17-20)24-23(21-12-8-9-13-22(21)26)27-25(29-24)19-10-6-5-7-11-19/h5-17H,3-4H2,1-2H3. The minimum absolute atomic E-state index is 0.586. The van der Waals surface area contributed by atoms with Gasteiger partial charge in [0.2, 0.25) is 5.89 Å². The molecule has 0 aliphatic rings. The first kappa shape index (κ1) is 19.3. The Bertz CT molecular complexity index is 1080. The van der Waals surface area contributed by atoms with Gasteiger partial charge < -0.3 is 9.32 Å². The van der Waals surface area contributed by atoms with E-state index in [1.165, 1.54) is 5.69 Å². The van der Waals surface area contributed by atoms with Crippen molar-refractivity contribution in [3.8, 4) is 34.0 Å². The average Bonchev–Trinajstić information content (AvgIpc) is 3.21. The first-order valence-electron chi connectivity index (χ1n) is 9.87. The summed E-state index contributed by atoms with van der Waals surface area (Å²) in [5.41, 5.74) is 4.73. The van der Waals surface area contributed by atoms with Crippen molar-refractivity contribution in [3.05, 3.63) is 83.9 Å². The number of anilines is 1. The van der Waals surface area contributed by atoms with Gasteiger partial charge in [-0.15, -0.1) is 0 Å². The molecule has 0 aliphatic carbocycles. The summed E-state index contributed by atoms with van der Waals surface area (Å²) >= 11 is 6.49. The number of halogens is 1.